The van der Waals surface area contributed by atoms with E-state index in [0.29, 0.717) is 30.0 Å². The van der Waals surface area contributed by atoms with Gasteiger partial charge in [-0.2, -0.15) is 0 Å². The summed E-state index contributed by atoms with van der Waals surface area (Å²) in [7, 11) is 1.79. The summed E-state index contributed by atoms with van der Waals surface area (Å²) in [5.41, 5.74) is 4.65. The average molecular weight is 326 g/mol. The Kier molecular flexibility index (Phi) is 4.18. The maximum atomic E-state index is 13.2. The van der Waals surface area contributed by atoms with E-state index < -0.39 is 0 Å². The van der Waals surface area contributed by atoms with Gasteiger partial charge in [-0.15, -0.1) is 0 Å². The predicted octanol–water partition coefficient (Wildman–Crippen LogP) is 3.02. The van der Waals surface area contributed by atoms with E-state index in [1.807, 2.05) is 32.0 Å². The number of fused-ring (bicyclic) bond motifs is 1. The number of aromatic nitrogens is 1. The lowest BCUT2D eigenvalue weighted by Gasteiger charge is -2.18. The molecule has 24 heavy (non-hydrogen) atoms. The molecular formula is C19H22N2O3. The third-order valence-electron chi connectivity index (χ3n) is 4.75. The van der Waals surface area contributed by atoms with E-state index in [-0.39, 0.29) is 11.9 Å². The van der Waals surface area contributed by atoms with Gasteiger partial charge in [0.15, 0.2) is 0 Å². The second-order valence-corrected chi connectivity index (χ2v) is 6.05. The summed E-state index contributed by atoms with van der Waals surface area (Å²) < 4.78 is 6.89. The molecule has 0 atom stereocenters. The van der Waals surface area contributed by atoms with Gasteiger partial charge in [-0.3, -0.25) is 4.79 Å². The van der Waals surface area contributed by atoms with Gasteiger partial charge in [-0.05, 0) is 44.4 Å². The van der Waals surface area contributed by atoms with Crippen LogP contribution in [0.4, 0.5) is 5.69 Å². The minimum absolute atomic E-state index is 0.0545. The van der Waals surface area contributed by atoms with Crippen LogP contribution in [0.5, 0.6) is 0 Å². The number of nitrogens with zero attached hydrogens (tertiary/aromatic N) is 2. The highest BCUT2D eigenvalue weighted by atomic mass is 16.5. The quantitative estimate of drug-likeness (QED) is 0.815. The zero-order valence-corrected chi connectivity index (χ0v) is 14.5. The molecule has 0 unspecified atom stereocenters. The third-order valence-corrected chi connectivity index (χ3v) is 4.75. The summed E-state index contributed by atoms with van der Waals surface area (Å²) in [5, 5.41) is 0. The maximum absolute atomic E-state index is 13.2. The Morgan fingerprint density at radius 1 is 1.21 bits per heavy atom. The molecule has 2 heterocycles. The van der Waals surface area contributed by atoms with Crippen LogP contribution in [0.15, 0.2) is 24.3 Å². The topological polar surface area (TPSA) is 51.5 Å². The van der Waals surface area contributed by atoms with Crippen LogP contribution in [0, 0.1) is 13.8 Å². The molecule has 0 N–H and O–H groups in total. The van der Waals surface area contributed by atoms with E-state index in [9.17, 15) is 9.59 Å². The van der Waals surface area contributed by atoms with Crippen molar-refractivity contribution in [2.75, 3.05) is 18.1 Å². The molecule has 126 valence electrons. The number of hydrogen-bond donors (Lipinski definition) is 0. The molecule has 1 aromatic carbocycles. The average Bonchev–Trinajstić information content (AvgIpc) is 3.07. The molecule has 3 rings (SSSR count). The van der Waals surface area contributed by atoms with Crippen molar-refractivity contribution in [1.29, 1.82) is 0 Å². The van der Waals surface area contributed by atoms with E-state index >= 15 is 0 Å². The molecule has 5 nitrogen and oxygen atoms in total. The Labute approximate surface area is 141 Å². The molecule has 0 fully saturated rings. The second kappa shape index (κ2) is 6.15. The zero-order chi connectivity index (χ0) is 17.4. The number of benzene rings is 1. The van der Waals surface area contributed by atoms with Crippen LogP contribution in [0.3, 0.4) is 0 Å². The van der Waals surface area contributed by atoms with E-state index in [0.717, 1.165) is 17.8 Å². The van der Waals surface area contributed by atoms with Gasteiger partial charge in [0.05, 0.1) is 12.2 Å². The Morgan fingerprint density at radius 3 is 2.62 bits per heavy atom. The standard InChI is InChI=1S/C19H22N2O3/c1-5-24-19(23)17-12(2)16(13(3)20(17)4)18(22)21-11-10-14-8-6-7-9-15(14)21/h6-9H,5,10-11H2,1-4H3. The minimum atomic E-state index is -0.388. The minimum Gasteiger partial charge on any atom is -0.461 e. The highest BCUT2D eigenvalue weighted by Crippen LogP contribution is 2.31. The summed E-state index contributed by atoms with van der Waals surface area (Å²) in [6, 6.07) is 7.96. The molecule has 0 saturated heterocycles. The van der Waals surface area contributed by atoms with Gasteiger partial charge in [0.25, 0.3) is 5.91 Å². The Hall–Kier alpha value is -2.56. The lowest BCUT2D eigenvalue weighted by Crippen LogP contribution is -2.29. The number of rotatable bonds is 3. The first-order valence-electron chi connectivity index (χ1n) is 8.20. The van der Waals surface area contributed by atoms with Crippen LogP contribution in [0.25, 0.3) is 0 Å². The second-order valence-electron chi connectivity index (χ2n) is 6.05. The lowest BCUT2D eigenvalue weighted by atomic mass is 10.1. The van der Waals surface area contributed by atoms with Crippen LogP contribution >= 0.6 is 0 Å². The first kappa shape index (κ1) is 16.3. The van der Waals surface area contributed by atoms with Crippen molar-refractivity contribution in [3.05, 3.63) is 52.3 Å². The van der Waals surface area contributed by atoms with Gasteiger partial charge in [0, 0.05) is 25.0 Å². The van der Waals surface area contributed by atoms with E-state index in [1.165, 1.54) is 5.56 Å². The summed E-state index contributed by atoms with van der Waals surface area (Å²) in [5.74, 6) is -0.442. The van der Waals surface area contributed by atoms with Crippen molar-refractivity contribution in [3.8, 4) is 0 Å². The van der Waals surface area contributed by atoms with Crippen LogP contribution in [0.1, 0.15) is 44.6 Å². The van der Waals surface area contributed by atoms with Crippen molar-refractivity contribution in [1.82, 2.24) is 4.57 Å². The Morgan fingerprint density at radius 2 is 1.92 bits per heavy atom. The molecule has 1 aliphatic rings. The SMILES string of the molecule is CCOC(=O)c1c(C)c(C(=O)N2CCc3ccccc32)c(C)n1C. The summed E-state index contributed by atoms with van der Waals surface area (Å²) >= 11 is 0. The number of hydrogen-bond acceptors (Lipinski definition) is 3. The van der Waals surface area contributed by atoms with Gasteiger partial charge in [0.2, 0.25) is 0 Å². The van der Waals surface area contributed by atoms with Gasteiger partial charge >= 0.3 is 5.97 Å². The molecule has 1 amide bonds. The molecule has 0 radical (unpaired) electrons. The highest BCUT2D eigenvalue weighted by molar-refractivity contribution is 6.10. The van der Waals surface area contributed by atoms with Gasteiger partial charge in [-0.1, -0.05) is 18.2 Å². The number of anilines is 1. The largest absolute Gasteiger partial charge is 0.461 e. The number of carbonyl (C=O) groups excluding carboxylic acids is 2. The maximum Gasteiger partial charge on any atom is 0.355 e. The smallest absolute Gasteiger partial charge is 0.355 e. The van der Waals surface area contributed by atoms with Crippen molar-refractivity contribution >= 4 is 17.6 Å². The number of ether oxygens (including phenoxy) is 1. The summed E-state index contributed by atoms with van der Waals surface area (Å²) in [6.07, 6.45) is 0.859. The fraction of sp³-hybridized carbons (Fsp3) is 0.368. The molecule has 1 aliphatic heterocycles. The Bertz CT molecular complexity index is 820. The number of para-hydroxylation sites is 1. The molecule has 0 aliphatic carbocycles. The van der Waals surface area contributed by atoms with E-state index in [2.05, 4.69) is 6.07 Å². The molecular weight excluding hydrogens is 304 g/mol. The molecule has 5 heteroatoms. The fourth-order valence-corrected chi connectivity index (χ4v) is 3.47. The molecule has 1 aromatic heterocycles. The van der Waals surface area contributed by atoms with Gasteiger partial charge in [0.1, 0.15) is 5.69 Å². The highest BCUT2D eigenvalue weighted by Gasteiger charge is 2.31. The van der Waals surface area contributed by atoms with Crippen molar-refractivity contribution in [2.45, 2.75) is 27.2 Å². The first-order valence-corrected chi connectivity index (χ1v) is 8.20. The van der Waals surface area contributed by atoms with Crippen molar-refractivity contribution in [3.63, 3.8) is 0 Å². The first-order chi connectivity index (χ1) is 11.5. The van der Waals surface area contributed by atoms with Crippen molar-refractivity contribution < 1.29 is 14.3 Å². The van der Waals surface area contributed by atoms with Crippen LogP contribution in [-0.2, 0) is 18.2 Å². The Balaban J connectivity index is 2.03. The number of esters is 1. The molecule has 0 bridgehead atoms. The van der Waals surface area contributed by atoms with Gasteiger partial charge in [-0.25, -0.2) is 4.79 Å². The van der Waals surface area contributed by atoms with Gasteiger partial charge < -0.3 is 14.2 Å². The molecule has 0 saturated carbocycles. The normalized spacial score (nSPS) is 13.1. The van der Waals surface area contributed by atoms with Crippen LogP contribution < -0.4 is 4.90 Å². The fourth-order valence-electron chi connectivity index (χ4n) is 3.47. The molecule has 2 aromatic rings. The number of amides is 1. The summed E-state index contributed by atoms with van der Waals surface area (Å²) in [6.45, 7) is 6.43. The van der Waals surface area contributed by atoms with E-state index in [1.54, 1.807) is 23.4 Å². The predicted molar refractivity (Wildman–Crippen MR) is 92.7 cm³/mol. The summed E-state index contributed by atoms with van der Waals surface area (Å²) in [4.78, 5) is 27.2. The van der Waals surface area contributed by atoms with Crippen molar-refractivity contribution in [2.24, 2.45) is 7.05 Å². The van der Waals surface area contributed by atoms with E-state index in [4.69, 9.17) is 4.74 Å². The number of carbonyl (C=O) groups is 2. The third kappa shape index (κ3) is 2.40. The van der Waals surface area contributed by atoms with Crippen LogP contribution in [-0.4, -0.2) is 29.6 Å². The van der Waals surface area contributed by atoms with Crippen LogP contribution in [0.2, 0.25) is 0 Å². The lowest BCUT2D eigenvalue weighted by molar-refractivity contribution is 0.0514. The monoisotopic (exact) mass is 326 g/mol. The zero-order valence-electron chi connectivity index (χ0n) is 14.5. The molecule has 0 spiro atoms.